The summed E-state index contributed by atoms with van der Waals surface area (Å²) in [7, 11) is 0. The first kappa shape index (κ1) is 34.8. The van der Waals surface area contributed by atoms with Crippen LogP contribution in [0, 0.1) is 17.8 Å². The van der Waals surface area contributed by atoms with Crippen molar-refractivity contribution in [3.8, 4) is 0 Å². The minimum atomic E-state index is -1.21. The van der Waals surface area contributed by atoms with Gasteiger partial charge in [0.1, 0.15) is 11.6 Å². The molecular weight excluding hydrogens is 652 g/mol. The number of carbonyl (C=O) groups excluding carboxylic acids is 3. The fourth-order valence-corrected chi connectivity index (χ4v) is 8.85. The number of hydrogen-bond donors (Lipinski definition) is 1. The van der Waals surface area contributed by atoms with Crippen LogP contribution >= 0.6 is 15.9 Å². The molecule has 46 heavy (non-hydrogen) atoms. The fraction of sp³-hybridized carbons (Fsp3) is 0.629. The molecule has 11 heteroatoms. The second-order valence-electron chi connectivity index (χ2n) is 13.1. The molecule has 4 aliphatic heterocycles. The maximum absolute atomic E-state index is 14.8. The Bertz CT molecular complexity index is 1260. The van der Waals surface area contributed by atoms with Gasteiger partial charge in [-0.15, -0.1) is 13.2 Å². The van der Waals surface area contributed by atoms with Crippen LogP contribution in [0.25, 0.3) is 0 Å². The Hall–Kier alpha value is -2.57. The molecule has 0 aromatic heterocycles. The van der Waals surface area contributed by atoms with E-state index in [4.69, 9.17) is 9.47 Å². The van der Waals surface area contributed by atoms with Crippen LogP contribution in [-0.4, -0.2) is 130 Å². The Morgan fingerprint density at radius 2 is 1.80 bits per heavy atom. The predicted molar refractivity (Wildman–Crippen MR) is 179 cm³/mol. The van der Waals surface area contributed by atoms with Gasteiger partial charge < -0.3 is 29.3 Å². The van der Waals surface area contributed by atoms with Gasteiger partial charge in [-0.3, -0.25) is 19.3 Å². The van der Waals surface area contributed by atoms with Gasteiger partial charge in [0.15, 0.2) is 0 Å². The van der Waals surface area contributed by atoms with Gasteiger partial charge in [0.25, 0.3) is 0 Å². The van der Waals surface area contributed by atoms with Crippen molar-refractivity contribution in [2.24, 2.45) is 17.8 Å². The molecule has 4 fully saturated rings. The maximum atomic E-state index is 14.8. The maximum Gasteiger partial charge on any atom is 0.248 e. The number of aliphatic hydroxyl groups is 1. The van der Waals surface area contributed by atoms with Crippen LogP contribution < -0.4 is 0 Å². The topological polar surface area (TPSA) is 103 Å². The van der Waals surface area contributed by atoms with Gasteiger partial charge in [-0.05, 0) is 17.9 Å². The van der Waals surface area contributed by atoms with Gasteiger partial charge in [-0.1, -0.05) is 78.7 Å². The number of hydrogen-bond acceptors (Lipinski definition) is 7. The number of aliphatic hydroxyl groups excluding tert-OH is 1. The number of nitrogens with zero attached hydrogens (tertiary/aromatic N) is 4. The van der Waals surface area contributed by atoms with Gasteiger partial charge in [0.2, 0.25) is 17.7 Å². The Labute approximate surface area is 281 Å². The number of morpholine rings is 1. The summed E-state index contributed by atoms with van der Waals surface area (Å²) in [4.78, 5) is 51.2. The van der Waals surface area contributed by atoms with Crippen molar-refractivity contribution in [2.45, 2.75) is 61.8 Å². The predicted octanol–water partition coefficient (Wildman–Crippen LogP) is 2.70. The zero-order valence-corrected chi connectivity index (χ0v) is 28.7. The highest BCUT2D eigenvalue weighted by Gasteiger charge is 2.77. The molecule has 10 nitrogen and oxygen atoms in total. The van der Waals surface area contributed by atoms with Crippen molar-refractivity contribution in [2.75, 3.05) is 59.1 Å². The van der Waals surface area contributed by atoms with Gasteiger partial charge in [0.05, 0.1) is 43.8 Å². The molecule has 1 N–H and O–H groups in total. The first-order valence-electron chi connectivity index (χ1n) is 16.6. The molecule has 1 spiro atoms. The van der Waals surface area contributed by atoms with Crippen molar-refractivity contribution in [1.29, 1.82) is 0 Å². The van der Waals surface area contributed by atoms with Crippen molar-refractivity contribution in [1.82, 2.24) is 19.6 Å². The normalized spacial score (nSPS) is 30.1. The van der Waals surface area contributed by atoms with Crippen LogP contribution in [-0.2, 0) is 30.4 Å². The van der Waals surface area contributed by atoms with Crippen LogP contribution in [0.4, 0.5) is 0 Å². The van der Waals surface area contributed by atoms with E-state index in [0.717, 1.165) is 18.7 Å². The standard InChI is InChI=1S/C35H49BrN4O6/c1-5-13-38(16-15-37-17-19-45-20-18-37)34(44)31-35-21-26(36)30(46-35)28(29(35)33(43)40(31)27(23-41)24(4)7-3)32(42)39(14-6-2)22-25-11-9-8-10-12-25/h5-6,8-12,24,26-31,41H,1-2,7,13-23H2,3-4H3/t24-,26?,27-,28+,29-,30+,31?,35?/m0/s1. The summed E-state index contributed by atoms with van der Waals surface area (Å²) in [6.07, 6.45) is 3.94. The summed E-state index contributed by atoms with van der Waals surface area (Å²) in [5, 5.41) is 10.7. The summed E-state index contributed by atoms with van der Waals surface area (Å²) in [5.74, 6) is -2.42. The lowest BCUT2D eigenvalue weighted by molar-refractivity contribution is -0.153. The van der Waals surface area contributed by atoms with Crippen molar-refractivity contribution in [3.63, 3.8) is 0 Å². The summed E-state index contributed by atoms with van der Waals surface area (Å²) >= 11 is 3.80. The lowest BCUT2D eigenvalue weighted by Gasteiger charge is -2.41. The van der Waals surface area contributed by atoms with E-state index in [1.54, 1.807) is 26.9 Å². The number of carbonyl (C=O) groups is 3. The molecule has 0 aliphatic carbocycles. The van der Waals surface area contributed by atoms with Crippen molar-refractivity contribution >= 4 is 33.7 Å². The number of halogens is 1. The Kier molecular flexibility index (Phi) is 11.4. The van der Waals surface area contributed by atoms with Gasteiger partial charge in [-0.2, -0.15) is 0 Å². The molecule has 3 amide bonds. The number of ether oxygens (including phenoxy) is 2. The quantitative estimate of drug-likeness (QED) is 0.222. The number of amides is 3. The molecule has 8 atom stereocenters. The molecular formula is C35H49BrN4O6. The van der Waals surface area contributed by atoms with Crippen LogP contribution in [0.15, 0.2) is 55.6 Å². The number of fused-ring (bicyclic) bond motifs is 1. The van der Waals surface area contributed by atoms with E-state index in [1.807, 2.05) is 44.2 Å². The van der Waals surface area contributed by atoms with E-state index in [2.05, 4.69) is 34.0 Å². The first-order chi connectivity index (χ1) is 22.2. The summed E-state index contributed by atoms with van der Waals surface area (Å²) in [6, 6.07) is 8.15. The minimum absolute atomic E-state index is 0.0813. The number of rotatable bonds is 15. The van der Waals surface area contributed by atoms with Gasteiger partial charge in [-0.25, -0.2) is 0 Å². The van der Waals surface area contributed by atoms with E-state index in [-0.39, 0.29) is 35.1 Å². The molecule has 1 aromatic rings. The van der Waals surface area contributed by atoms with Crippen LogP contribution in [0.5, 0.6) is 0 Å². The molecule has 252 valence electrons. The van der Waals surface area contributed by atoms with Crippen LogP contribution in [0.3, 0.4) is 0 Å². The average Bonchev–Trinajstić information content (AvgIpc) is 3.66. The van der Waals surface area contributed by atoms with E-state index in [9.17, 15) is 19.5 Å². The van der Waals surface area contributed by atoms with Crippen LogP contribution in [0.2, 0.25) is 0 Å². The average molecular weight is 702 g/mol. The molecule has 5 rings (SSSR count). The minimum Gasteiger partial charge on any atom is -0.394 e. The highest BCUT2D eigenvalue weighted by molar-refractivity contribution is 9.09. The third-order valence-corrected chi connectivity index (χ3v) is 11.3. The Morgan fingerprint density at radius 3 is 2.43 bits per heavy atom. The molecule has 0 radical (unpaired) electrons. The SMILES string of the molecule is C=CCN(CCN1CCOCC1)C(=O)C1N([C@@H](CO)[C@@H](C)CC)C(=O)[C@@H]2[C@@H](C(=O)N(CC=C)Cc3ccccc3)[C@@H]3OC12CC3Br. The summed E-state index contributed by atoms with van der Waals surface area (Å²) in [6.45, 7) is 16.5. The second-order valence-corrected chi connectivity index (χ2v) is 14.2. The highest BCUT2D eigenvalue weighted by atomic mass is 79.9. The first-order valence-corrected chi connectivity index (χ1v) is 17.5. The molecule has 4 saturated heterocycles. The van der Waals surface area contributed by atoms with Gasteiger partial charge in [0, 0.05) is 50.6 Å². The molecule has 0 saturated carbocycles. The van der Waals surface area contributed by atoms with Crippen molar-refractivity contribution in [3.05, 3.63) is 61.2 Å². The van der Waals surface area contributed by atoms with Crippen molar-refractivity contribution < 1.29 is 29.0 Å². The van der Waals surface area contributed by atoms with E-state index in [0.29, 0.717) is 58.8 Å². The van der Waals surface area contributed by atoms with Gasteiger partial charge >= 0.3 is 0 Å². The number of benzene rings is 1. The summed E-state index contributed by atoms with van der Waals surface area (Å²) < 4.78 is 12.3. The lowest BCUT2D eigenvalue weighted by Crippen LogP contribution is -2.60. The second kappa shape index (κ2) is 15.1. The lowest BCUT2D eigenvalue weighted by atomic mass is 9.70. The fourth-order valence-electron chi connectivity index (χ4n) is 7.91. The van der Waals surface area contributed by atoms with E-state index >= 15 is 0 Å². The molecule has 4 aliphatic rings. The number of alkyl halides is 1. The Morgan fingerprint density at radius 1 is 1.13 bits per heavy atom. The monoisotopic (exact) mass is 700 g/mol. The van der Waals surface area contributed by atoms with Crippen LogP contribution in [0.1, 0.15) is 32.3 Å². The Balaban J connectivity index is 1.52. The zero-order valence-electron chi connectivity index (χ0n) is 27.1. The smallest absolute Gasteiger partial charge is 0.248 e. The molecule has 4 heterocycles. The van der Waals surface area contributed by atoms with E-state index in [1.165, 1.54) is 0 Å². The third-order valence-electron chi connectivity index (χ3n) is 10.4. The van der Waals surface area contributed by atoms with E-state index < -0.39 is 35.6 Å². The zero-order chi connectivity index (χ0) is 33.0. The largest absolute Gasteiger partial charge is 0.394 e. The number of likely N-dealkylation sites (tertiary alicyclic amines) is 1. The third kappa shape index (κ3) is 6.45. The molecule has 1 aromatic carbocycles. The molecule has 2 bridgehead atoms. The molecule has 3 unspecified atom stereocenters. The highest BCUT2D eigenvalue weighted by Crippen LogP contribution is 2.61. The summed E-state index contributed by atoms with van der Waals surface area (Å²) in [5.41, 5.74) is -0.240.